The zero-order chi connectivity index (χ0) is 15.2. The van der Waals surface area contributed by atoms with Crippen LogP contribution in [-0.4, -0.2) is 29.8 Å². The fourth-order valence-electron chi connectivity index (χ4n) is 2.89. The van der Waals surface area contributed by atoms with Crippen molar-refractivity contribution in [2.75, 3.05) is 13.1 Å². The quantitative estimate of drug-likeness (QED) is 0.901. The Morgan fingerprint density at radius 1 is 1.24 bits per heavy atom. The molecule has 1 saturated heterocycles. The predicted octanol–water partition coefficient (Wildman–Crippen LogP) is 2.04. The zero-order valence-electron chi connectivity index (χ0n) is 12.7. The molecule has 2 rings (SSSR count). The Morgan fingerprint density at radius 2 is 1.90 bits per heavy atom. The van der Waals surface area contributed by atoms with Gasteiger partial charge in [-0.25, -0.2) is 0 Å². The van der Waals surface area contributed by atoms with E-state index in [4.69, 9.17) is 5.73 Å². The number of primary amides is 1. The standard InChI is InChI=1S/C17H24N2O2/c1-13-5-2-3-6-14(13)7-4-8-16(20)19-11-9-15(10-12-19)17(18)21/h2-3,5-6,15H,4,7-12H2,1H3,(H2,18,21). The lowest BCUT2D eigenvalue weighted by Crippen LogP contribution is -2.41. The highest BCUT2D eigenvalue weighted by Gasteiger charge is 2.25. The van der Waals surface area contributed by atoms with E-state index in [9.17, 15) is 9.59 Å². The van der Waals surface area contributed by atoms with Crippen molar-refractivity contribution in [2.24, 2.45) is 11.7 Å². The van der Waals surface area contributed by atoms with Gasteiger partial charge in [-0.1, -0.05) is 24.3 Å². The van der Waals surface area contributed by atoms with E-state index in [0.717, 1.165) is 12.8 Å². The molecular weight excluding hydrogens is 264 g/mol. The number of hydrogen-bond acceptors (Lipinski definition) is 2. The highest BCUT2D eigenvalue weighted by Crippen LogP contribution is 2.18. The van der Waals surface area contributed by atoms with Crippen LogP contribution in [0.25, 0.3) is 0 Å². The molecule has 0 radical (unpaired) electrons. The van der Waals surface area contributed by atoms with Gasteiger partial charge in [0, 0.05) is 25.4 Å². The number of nitrogens with zero attached hydrogens (tertiary/aromatic N) is 1. The fraction of sp³-hybridized carbons (Fsp3) is 0.529. The van der Waals surface area contributed by atoms with E-state index in [-0.39, 0.29) is 17.7 Å². The van der Waals surface area contributed by atoms with E-state index < -0.39 is 0 Å². The first-order valence-corrected chi connectivity index (χ1v) is 7.69. The average molecular weight is 288 g/mol. The van der Waals surface area contributed by atoms with Crippen molar-refractivity contribution < 1.29 is 9.59 Å². The van der Waals surface area contributed by atoms with Gasteiger partial charge < -0.3 is 10.6 Å². The van der Waals surface area contributed by atoms with Gasteiger partial charge in [0.25, 0.3) is 0 Å². The molecule has 0 spiro atoms. The predicted molar refractivity (Wildman–Crippen MR) is 82.6 cm³/mol. The van der Waals surface area contributed by atoms with E-state index >= 15 is 0 Å². The van der Waals surface area contributed by atoms with Crippen LogP contribution >= 0.6 is 0 Å². The summed E-state index contributed by atoms with van der Waals surface area (Å²) in [6, 6.07) is 8.30. The van der Waals surface area contributed by atoms with Gasteiger partial charge in [0.05, 0.1) is 0 Å². The first-order valence-electron chi connectivity index (χ1n) is 7.69. The molecule has 114 valence electrons. The summed E-state index contributed by atoms with van der Waals surface area (Å²) < 4.78 is 0. The Hall–Kier alpha value is -1.84. The summed E-state index contributed by atoms with van der Waals surface area (Å²) in [5, 5.41) is 0. The minimum atomic E-state index is -0.235. The average Bonchev–Trinajstić information content (AvgIpc) is 2.49. The summed E-state index contributed by atoms with van der Waals surface area (Å²) in [5.41, 5.74) is 7.91. The zero-order valence-corrected chi connectivity index (χ0v) is 12.7. The molecule has 0 aromatic heterocycles. The lowest BCUT2D eigenvalue weighted by atomic mass is 9.96. The third-order valence-corrected chi connectivity index (χ3v) is 4.35. The Labute approximate surface area is 126 Å². The number of aryl methyl sites for hydroxylation is 2. The molecule has 1 aliphatic heterocycles. The fourth-order valence-corrected chi connectivity index (χ4v) is 2.89. The molecule has 1 fully saturated rings. The minimum absolute atomic E-state index is 0.0546. The van der Waals surface area contributed by atoms with Gasteiger partial charge >= 0.3 is 0 Å². The molecule has 0 aliphatic carbocycles. The molecule has 0 bridgehead atoms. The summed E-state index contributed by atoms with van der Waals surface area (Å²) in [4.78, 5) is 25.1. The largest absolute Gasteiger partial charge is 0.369 e. The van der Waals surface area contributed by atoms with Crippen molar-refractivity contribution in [3.05, 3.63) is 35.4 Å². The Morgan fingerprint density at radius 3 is 2.52 bits per heavy atom. The van der Waals surface area contributed by atoms with E-state index in [2.05, 4.69) is 19.1 Å². The van der Waals surface area contributed by atoms with E-state index in [0.29, 0.717) is 32.4 Å². The van der Waals surface area contributed by atoms with Gasteiger partial charge in [-0.15, -0.1) is 0 Å². The SMILES string of the molecule is Cc1ccccc1CCCC(=O)N1CCC(C(N)=O)CC1. The van der Waals surface area contributed by atoms with Gasteiger partial charge in [-0.2, -0.15) is 0 Å². The lowest BCUT2D eigenvalue weighted by molar-refractivity contribution is -0.134. The van der Waals surface area contributed by atoms with Crippen molar-refractivity contribution in [2.45, 2.75) is 39.0 Å². The smallest absolute Gasteiger partial charge is 0.222 e. The van der Waals surface area contributed by atoms with Crippen molar-refractivity contribution in [1.82, 2.24) is 4.90 Å². The van der Waals surface area contributed by atoms with E-state index in [1.165, 1.54) is 11.1 Å². The second kappa shape index (κ2) is 7.25. The van der Waals surface area contributed by atoms with Gasteiger partial charge in [0.2, 0.25) is 11.8 Å². The van der Waals surface area contributed by atoms with Crippen LogP contribution in [0.15, 0.2) is 24.3 Å². The molecule has 0 saturated carbocycles. The molecule has 1 aromatic carbocycles. The van der Waals surface area contributed by atoms with Crippen LogP contribution in [0.4, 0.5) is 0 Å². The number of rotatable bonds is 5. The van der Waals surface area contributed by atoms with E-state index in [1.807, 2.05) is 17.0 Å². The molecule has 2 amide bonds. The topological polar surface area (TPSA) is 63.4 Å². The Kier molecular flexibility index (Phi) is 5.37. The maximum Gasteiger partial charge on any atom is 0.222 e. The summed E-state index contributed by atoms with van der Waals surface area (Å²) in [5.74, 6) is -0.0887. The molecule has 0 unspecified atom stereocenters. The number of hydrogen-bond donors (Lipinski definition) is 1. The first-order chi connectivity index (χ1) is 10.1. The maximum atomic E-state index is 12.2. The monoisotopic (exact) mass is 288 g/mol. The lowest BCUT2D eigenvalue weighted by Gasteiger charge is -2.30. The van der Waals surface area contributed by atoms with Gasteiger partial charge in [-0.3, -0.25) is 9.59 Å². The van der Waals surface area contributed by atoms with Crippen molar-refractivity contribution in [1.29, 1.82) is 0 Å². The number of nitrogens with two attached hydrogens (primary N) is 1. The third-order valence-electron chi connectivity index (χ3n) is 4.35. The van der Waals surface area contributed by atoms with Crippen molar-refractivity contribution in [3.63, 3.8) is 0 Å². The van der Waals surface area contributed by atoms with E-state index in [1.54, 1.807) is 0 Å². The molecule has 1 heterocycles. The first kappa shape index (κ1) is 15.5. The summed E-state index contributed by atoms with van der Waals surface area (Å²) in [7, 11) is 0. The van der Waals surface area contributed by atoms with Crippen LogP contribution < -0.4 is 5.73 Å². The molecule has 4 heteroatoms. The van der Waals surface area contributed by atoms with Crippen molar-refractivity contribution in [3.8, 4) is 0 Å². The molecule has 0 atom stereocenters. The van der Waals surface area contributed by atoms with Crippen molar-refractivity contribution >= 4 is 11.8 Å². The number of carbonyl (C=O) groups excluding carboxylic acids is 2. The second-order valence-electron chi connectivity index (χ2n) is 5.84. The molecule has 2 N–H and O–H groups in total. The normalized spacial score (nSPS) is 16.0. The number of likely N-dealkylation sites (tertiary alicyclic amines) is 1. The van der Waals surface area contributed by atoms with Gasteiger partial charge in [0.15, 0.2) is 0 Å². The highest BCUT2D eigenvalue weighted by atomic mass is 16.2. The summed E-state index contributed by atoms with van der Waals surface area (Å²) >= 11 is 0. The molecule has 1 aromatic rings. The highest BCUT2D eigenvalue weighted by molar-refractivity contribution is 5.78. The number of amides is 2. The van der Waals surface area contributed by atoms with Gasteiger partial charge in [-0.05, 0) is 43.7 Å². The second-order valence-corrected chi connectivity index (χ2v) is 5.84. The summed E-state index contributed by atoms with van der Waals surface area (Å²) in [6.07, 6.45) is 3.81. The number of piperidine rings is 1. The van der Waals surface area contributed by atoms with Crippen LogP contribution in [0.1, 0.15) is 36.8 Å². The number of benzene rings is 1. The summed E-state index contributed by atoms with van der Waals surface area (Å²) in [6.45, 7) is 3.43. The Balaban J connectivity index is 1.73. The molecule has 4 nitrogen and oxygen atoms in total. The van der Waals surface area contributed by atoms with Crippen LogP contribution in [0.2, 0.25) is 0 Å². The third kappa shape index (κ3) is 4.31. The minimum Gasteiger partial charge on any atom is -0.369 e. The van der Waals surface area contributed by atoms with Crippen LogP contribution in [0.3, 0.4) is 0 Å². The molecule has 21 heavy (non-hydrogen) atoms. The van der Waals surface area contributed by atoms with Crippen LogP contribution in [-0.2, 0) is 16.0 Å². The molecule has 1 aliphatic rings. The Bertz CT molecular complexity index is 505. The van der Waals surface area contributed by atoms with Crippen LogP contribution in [0, 0.1) is 12.8 Å². The number of carbonyl (C=O) groups is 2. The maximum absolute atomic E-state index is 12.2. The molecular formula is C17H24N2O2. The van der Waals surface area contributed by atoms with Gasteiger partial charge in [0.1, 0.15) is 0 Å². The van der Waals surface area contributed by atoms with Crippen LogP contribution in [0.5, 0.6) is 0 Å².